The van der Waals surface area contributed by atoms with Crippen LogP contribution in [0.1, 0.15) is 28.4 Å². The Balaban J connectivity index is 1.69. The van der Waals surface area contributed by atoms with Gasteiger partial charge in [-0.15, -0.1) is 0 Å². The van der Waals surface area contributed by atoms with E-state index in [0.717, 1.165) is 11.1 Å². The lowest BCUT2D eigenvalue weighted by atomic mass is 10.0. The third kappa shape index (κ3) is 5.18. The van der Waals surface area contributed by atoms with Crippen LogP contribution in [0.3, 0.4) is 0 Å². The highest BCUT2D eigenvalue weighted by Gasteiger charge is 2.17. The zero-order valence-electron chi connectivity index (χ0n) is 17.8. The average Bonchev–Trinajstić information content (AvgIpc) is 2.72. The number of aryl methyl sites for hydroxylation is 2. The maximum Gasteiger partial charge on any atom is 0.255 e. The largest absolute Gasteiger partial charge is 0.354 e. The molecule has 1 aromatic carbocycles. The van der Waals surface area contributed by atoms with Crippen LogP contribution in [-0.4, -0.2) is 46.4 Å². The van der Waals surface area contributed by atoms with Crippen molar-refractivity contribution in [2.75, 3.05) is 20.6 Å². The van der Waals surface area contributed by atoms with E-state index < -0.39 is 0 Å². The predicted molar refractivity (Wildman–Crippen MR) is 117 cm³/mol. The Hall–Kier alpha value is -3.32. The van der Waals surface area contributed by atoms with Gasteiger partial charge in [0.25, 0.3) is 5.56 Å². The van der Waals surface area contributed by atoms with Gasteiger partial charge >= 0.3 is 0 Å². The summed E-state index contributed by atoms with van der Waals surface area (Å²) in [5, 5.41) is 2.96. The Morgan fingerprint density at radius 3 is 2.50 bits per heavy atom. The van der Waals surface area contributed by atoms with Crippen molar-refractivity contribution in [3.63, 3.8) is 0 Å². The topological polar surface area (TPSA) is 91.0 Å². The molecule has 2 heterocycles. The van der Waals surface area contributed by atoms with E-state index in [-0.39, 0.29) is 23.9 Å². The molecule has 0 aliphatic rings. The summed E-state index contributed by atoms with van der Waals surface area (Å²) in [4.78, 5) is 38.4. The second-order valence-electron chi connectivity index (χ2n) is 7.59. The molecule has 156 valence electrons. The highest BCUT2D eigenvalue weighted by atomic mass is 16.2. The van der Waals surface area contributed by atoms with Gasteiger partial charge in [0.2, 0.25) is 5.91 Å². The molecule has 7 nitrogen and oxygen atoms in total. The SMILES string of the molecule is Cc1ccc(C(CNC(=O)Cc2c(C)nc(-c3cccnc3)[nH]c2=O)N(C)C)cc1. The third-order valence-corrected chi connectivity index (χ3v) is 5.07. The van der Waals surface area contributed by atoms with Gasteiger partial charge in [-0.05, 0) is 45.6 Å². The van der Waals surface area contributed by atoms with Gasteiger partial charge in [0, 0.05) is 35.8 Å². The van der Waals surface area contributed by atoms with Gasteiger partial charge in [0.1, 0.15) is 5.82 Å². The lowest BCUT2D eigenvalue weighted by Crippen LogP contribution is -2.36. The first kappa shape index (κ1) is 21.4. The van der Waals surface area contributed by atoms with Crippen molar-refractivity contribution in [3.8, 4) is 11.4 Å². The average molecular weight is 406 g/mol. The molecule has 0 bridgehead atoms. The second-order valence-corrected chi connectivity index (χ2v) is 7.59. The highest BCUT2D eigenvalue weighted by Crippen LogP contribution is 2.18. The van der Waals surface area contributed by atoms with Crippen LogP contribution in [0.25, 0.3) is 11.4 Å². The number of carbonyl (C=O) groups excluding carboxylic acids is 1. The second kappa shape index (κ2) is 9.45. The maximum atomic E-state index is 12.6. The Labute approximate surface area is 176 Å². The van der Waals surface area contributed by atoms with Crippen molar-refractivity contribution < 1.29 is 4.79 Å². The number of benzene rings is 1. The minimum atomic E-state index is -0.306. The molecular formula is C23H27N5O2. The number of H-pyrrole nitrogens is 1. The van der Waals surface area contributed by atoms with Crippen LogP contribution in [0.2, 0.25) is 0 Å². The van der Waals surface area contributed by atoms with Crippen molar-refractivity contribution in [1.29, 1.82) is 0 Å². The van der Waals surface area contributed by atoms with Crippen LogP contribution in [0.15, 0.2) is 53.6 Å². The van der Waals surface area contributed by atoms with Gasteiger partial charge in [-0.3, -0.25) is 14.6 Å². The van der Waals surface area contributed by atoms with Crippen molar-refractivity contribution in [2.24, 2.45) is 0 Å². The van der Waals surface area contributed by atoms with Crippen molar-refractivity contribution in [1.82, 2.24) is 25.2 Å². The van der Waals surface area contributed by atoms with Crippen LogP contribution in [0, 0.1) is 13.8 Å². The van der Waals surface area contributed by atoms with Gasteiger partial charge in [-0.2, -0.15) is 0 Å². The molecule has 2 N–H and O–H groups in total. The van der Waals surface area contributed by atoms with Gasteiger partial charge < -0.3 is 15.2 Å². The number of nitrogens with zero attached hydrogens (tertiary/aromatic N) is 3. The first-order chi connectivity index (χ1) is 14.3. The zero-order chi connectivity index (χ0) is 21.7. The Kier molecular flexibility index (Phi) is 6.74. The standard InChI is InChI=1S/C23H27N5O2/c1-15-7-9-17(10-8-15)20(28(3)4)14-25-21(29)12-19-16(2)26-22(27-23(19)30)18-6-5-11-24-13-18/h5-11,13,20H,12,14H2,1-4H3,(H,25,29)(H,26,27,30). The quantitative estimate of drug-likeness (QED) is 0.630. The molecule has 0 saturated heterocycles. The highest BCUT2D eigenvalue weighted by molar-refractivity contribution is 5.78. The summed E-state index contributed by atoms with van der Waals surface area (Å²) >= 11 is 0. The summed E-state index contributed by atoms with van der Waals surface area (Å²) in [6.07, 6.45) is 3.27. The molecule has 3 aromatic rings. The number of aromatic amines is 1. The molecule has 1 unspecified atom stereocenters. The fourth-order valence-electron chi connectivity index (χ4n) is 3.28. The number of rotatable bonds is 7. The van der Waals surface area contributed by atoms with E-state index in [4.69, 9.17) is 0 Å². The number of aromatic nitrogens is 3. The van der Waals surface area contributed by atoms with Gasteiger partial charge in [0.05, 0.1) is 12.5 Å². The molecule has 0 spiro atoms. The molecular weight excluding hydrogens is 378 g/mol. The summed E-state index contributed by atoms with van der Waals surface area (Å²) in [5.41, 5.74) is 3.65. The molecule has 0 aliphatic carbocycles. The Bertz CT molecular complexity index is 1060. The Morgan fingerprint density at radius 1 is 1.17 bits per heavy atom. The van der Waals surface area contributed by atoms with Gasteiger partial charge in [0.15, 0.2) is 0 Å². The van der Waals surface area contributed by atoms with E-state index in [0.29, 0.717) is 23.6 Å². The number of likely N-dealkylation sites (N-methyl/N-ethyl adjacent to an activating group) is 1. The smallest absolute Gasteiger partial charge is 0.255 e. The van der Waals surface area contributed by atoms with E-state index >= 15 is 0 Å². The lowest BCUT2D eigenvalue weighted by Gasteiger charge is -2.25. The number of carbonyl (C=O) groups is 1. The first-order valence-electron chi connectivity index (χ1n) is 9.85. The lowest BCUT2D eigenvalue weighted by molar-refractivity contribution is -0.120. The van der Waals surface area contributed by atoms with E-state index in [1.807, 2.05) is 27.1 Å². The summed E-state index contributed by atoms with van der Waals surface area (Å²) in [6.45, 7) is 4.24. The summed E-state index contributed by atoms with van der Waals surface area (Å²) in [7, 11) is 3.96. The molecule has 30 heavy (non-hydrogen) atoms. The number of hydrogen-bond donors (Lipinski definition) is 2. The summed E-state index contributed by atoms with van der Waals surface area (Å²) in [5.74, 6) is 0.236. The first-order valence-corrected chi connectivity index (χ1v) is 9.85. The molecule has 0 saturated carbocycles. The van der Waals surface area contributed by atoms with E-state index in [1.54, 1.807) is 25.4 Å². The van der Waals surface area contributed by atoms with E-state index in [1.165, 1.54) is 5.56 Å². The van der Waals surface area contributed by atoms with Crippen molar-refractivity contribution >= 4 is 5.91 Å². The maximum absolute atomic E-state index is 12.6. The summed E-state index contributed by atoms with van der Waals surface area (Å²) < 4.78 is 0. The van der Waals surface area contributed by atoms with Crippen LogP contribution in [-0.2, 0) is 11.2 Å². The van der Waals surface area contributed by atoms with Gasteiger partial charge in [-0.25, -0.2) is 4.98 Å². The molecule has 0 fully saturated rings. The third-order valence-electron chi connectivity index (χ3n) is 5.07. The van der Waals surface area contributed by atoms with Gasteiger partial charge in [-0.1, -0.05) is 29.8 Å². The monoisotopic (exact) mass is 405 g/mol. The molecule has 0 aliphatic heterocycles. The number of nitrogens with one attached hydrogen (secondary N) is 2. The Morgan fingerprint density at radius 2 is 1.90 bits per heavy atom. The number of amides is 1. The van der Waals surface area contributed by atoms with Crippen molar-refractivity contribution in [3.05, 3.63) is 81.5 Å². The molecule has 0 radical (unpaired) electrons. The van der Waals surface area contributed by atoms with Crippen LogP contribution >= 0.6 is 0 Å². The molecule has 1 atom stereocenters. The van der Waals surface area contributed by atoms with Crippen LogP contribution in [0.5, 0.6) is 0 Å². The minimum Gasteiger partial charge on any atom is -0.354 e. The van der Waals surface area contributed by atoms with E-state index in [2.05, 4.69) is 49.4 Å². The normalized spacial score (nSPS) is 12.0. The van der Waals surface area contributed by atoms with Crippen LogP contribution in [0.4, 0.5) is 0 Å². The predicted octanol–water partition coefficient (Wildman–Crippen LogP) is 2.41. The molecule has 7 heteroatoms. The molecule has 1 amide bonds. The molecule has 2 aromatic heterocycles. The van der Waals surface area contributed by atoms with E-state index in [9.17, 15) is 9.59 Å². The van der Waals surface area contributed by atoms with Crippen LogP contribution < -0.4 is 10.9 Å². The zero-order valence-corrected chi connectivity index (χ0v) is 17.8. The fourth-order valence-corrected chi connectivity index (χ4v) is 3.28. The molecule has 3 rings (SSSR count). The van der Waals surface area contributed by atoms with Crippen molar-refractivity contribution in [2.45, 2.75) is 26.3 Å². The fraction of sp³-hybridized carbons (Fsp3) is 0.304. The minimum absolute atomic E-state index is 0.0183. The number of pyridine rings is 1. The number of hydrogen-bond acceptors (Lipinski definition) is 5. The summed E-state index contributed by atoms with van der Waals surface area (Å²) in [6, 6.07) is 11.9.